The molecule has 0 saturated carbocycles. The lowest BCUT2D eigenvalue weighted by Crippen LogP contribution is -2.45. The molecular weight excluding hydrogens is 442 g/mol. The van der Waals surface area contributed by atoms with E-state index < -0.39 is 15.9 Å². The molecule has 33 heavy (non-hydrogen) atoms. The van der Waals surface area contributed by atoms with E-state index in [4.69, 9.17) is 4.74 Å². The number of hydrogen-bond donors (Lipinski definition) is 1. The maximum absolute atomic E-state index is 13.3. The van der Waals surface area contributed by atoms with E-state index in [9.17, 15) is 13.2 Å². The van der Waals surface area contributed by atoms with Gasteiger partial charge in [-0.15, -0.1) is 5.10 Å². The minimum Gasteiger partial charge on any atom is -0.497 e. The van der Waals surface area contributed by atoms with Crippen molar-refractivity contribution in [2.75, 3.05) is 20.2 Å². The second kappa shape index (κ2) is 9.48. The molecule has 0 aliphatic carbocycles. The third-order valence-corrected chi connectivity index (χ3v) is 7.81. The third-order valence-electron chi connectivity index (χ3n) is 5.95. The van der Waals surface area contributed by atoms with E-state index in [1.807, 2.05) is 38.1 Å². The van der Waals surface area contributed by atoms with E-state index in [1.54, 1.807) is 30.0 Å². The monoisotopic (exact) mass is 471 g/mol. The number of aromatic nitrogens is 3. The molecule has 1 saturated heterocycles. The Morgan fingerprint density at radius 1 is 1.21 bits per heavy atom. The quantitative estimate of drug-likeness (QED) is 0.568. The maximum Gasteiger partial charge on any atom is 0.243 e. The Bertz CT molecular complexity index is 1240. The molecule has 10 heteroatoms. The van der Waals surface area contributed by atoms with Gasteiger partial charge in [0, 0.05) is 25.7 Å². The second-order valence-electron chi connectivity index (χ2n) is 8.55. The SMILES string of the molecule is COc1ccc(CNC(=O)[C@@H]2CCCN(S(=O)(=O)c3ccc4c(c3)nnn4C(C)C)C2)cc1. The molecule has 2 aromatic carbocycles. The molecule has 0 spiro atoms. The molecule has 1 aliphatic heterocycles. The molecule has 1 atom stereocenters. The average molecular weight is 472 g/mol. The number of methoxy groups -OCH3 is 1. The van der Waals surface area contributed by atoms with Crippen molar-refractivity contribution in [2.24, 2.45) is 5.92 Å². The predicted molar refractivity (Wildman–Crippen MR) is 124 cm³/mol. The van der Waals surface area contributed by atoms with Crippen LogP contribution in [0.15, 0.2) is 47.4 Å². The number of amides is 1. The molecular formula is C23H29N5O4S. The fraction of sp³-hybridized carbons (Fsp3) is 0.435. The van der Waals surface area contributed by atoms with Gasteiger partial charge in [-0.25, -0.2) is 13.1 Å². The van der Waals surface area contributed by atoms with E-state index in [0.29, 0.717) is 31.4 Å². The van der Waals surface area contributed by atoms with Crippen LogP contribution in [0.5, 0.6) is 5.75 Å². The summed E-state index contributed by atoms with van der Waals surface area (Å²) in [5.41, 5.74) is 2.28. The van der Waals surface area contributed by atoms with Crippen molar-refractivity contribution in [1.82, 2.24) is 24.6 Å². The van der Waals surface area contributed by atoms with Crippen LogP contribution in [-0.4, -0.2) is 53.8 Å². The van der Waals surface area contributed by atoms with Gasteiger partial charge in [0.05, 0.1) is 23.4 Å². The summed E-state index contributed by atoms with van der Waals surface area (Å²) >= 11 is 0. The molecule has 0 bridgehead atoms. The van der Waals surface area contributed by atoms with Gasteiger partial charge in [0.25, 0.3) is 0 Å². The summed E-state index contributed by atoms with van der Waals surface area (Å²) in [6, 6.07) is 12.5. The minimum absolute atomic E-state index is 0.122. The average Bonchev–Trinajstić information content (AvgIpc) is 3.26. The van der Waals surface area contributed by atoms with Crippen LogP contribution in [-0.2, 0) is 21.4 Å². The molecule has 2 heterocycles. The van der Waals surface area contributed by atoms with Crippen LogP contribution in [0.2, 0.25) is 0 Å². The minimum atomic E-state index is -3.74. The van der Waals surface area contributed by atoms with Crippen molar-refractivity contribution in [3.05, 3.63) is 48.0 Å². The Balaban J connectivity index is 1.44. The highest BCUT2D eigenvalue weighted by molar-refractivity contribution is 7.89. The van der Waals surface area contributed by atoms with Crippen molar-refractivity contribution >= 4 is 27.0 Å². The summed E-state index contributed by atoms with van der Waals surface area (Å²) in [6.45, 7) is 4.92. The van der Waals surface area contributed by atoms with Gasteiger partial charge in [0.15, 0.2) is 0 Å². The largest absolute Gasteiger partial charge is 0.497 e. The number of piperidine rings is 1. The summed E-state index contributed by atoms with van der Waals surface area (Å²) in [5.74, 6) is 0.224. The molecule has 176 valence electrons. The highest BCUT2D eigenvalue weighted by Crippen LogP contribution is 2.26. The molecule has 0 unspecified atom stereocenters. The number of nitrogens with zero attached hydrogens (tertiary/aromatic N) is 4. The first-order valence-electron chi connectivity index (χ1n) is 11.1. The van der Waals surface area contributed by atoms with Crippen molar-refractivity contribution in [3.8, 4) is 5.75 Å². The van der Waals surface area contributed by atoms with Crippen LogP contribution in [0.1, 0.15) is 38.3 Å². The van der Waals surface area contributed by atoms with Gasteiger partial charge < -0.3 is 10.1 Å². The first-order chi connectivity index (χ1) is 15.8. The Hall–Kier alpha value is -2.98. The lowest BCUT2D eigenvalue weighted by atomic mass is 9.99. The molecule has 1 amide bonds. The number of sulfonamides is 1. The zero-order valence-electron chi connectivity index (χ0n) is 19.1. The molecule has 1 aliphatic rings. The van der Waals surface area contributed by atoms with Crippen molar-refractivity contribution in [2.45, 2.75) is 44.2 Å². The Labute approximate surface area is 193 Å². The topological polar surface area (TPSA) is 106 Å². The smallest absolute Gasteiger partial charge is 0.243 e. The number of rotatable bonds is 7. The summed E-state index contributed by atoms with van der Waals surface area (Å²) < 4.78 is 34.9. The van der Waals surface area contributed by atoms with Crippen LogP contribution in [0.3, 0.4) is 0 Å². The van der Waals surface area contributed by atoms with Crippen LogP contribution >= 0.6 is 0 Å². The summed E-state index contributed by atoms with van der Waals surface area (Å²) in [4.78, 5) is 12.9. The number of benzene rings is 2. The zero-order chi connectivity index (χ0) is 23.6. The predicted octanol–water partition coefficient (Wildman–Crippen LogP) is 2.74. The summed E-state index contributed by atoms with van der Waals surface area (Å²) in [7, 11) is -2.14. The van der Waals surface area contributed by atoms with Crippen LogP contribution in [0, 0.1) is 5.92 Å². The van der Waals surface area contributed by atoms with Crippen LogP contribution in [0.4, 0.5) is 0 Å². The molecule has 9 nitrogen and oxygen atoms in total. The van der Waals surface area contributed by atoms with Gasteiger partial charge in [0.2, 0.25) is 15.9 Å². The number of ether oxygens (including phenoxy) is 1. The number of nitrogens with one attached hydrogen (secondary N) is 1. The van der Waals surface area contributed by atoms with E-state index in [1.165, 1.54) is 4.31 Å². The first-order valence-corrected chi connectivity index (χ1v) is 12.5. The summed E-state index contributed by atoms with van der Waals surface area (Å²) in [6.07, 6.45) is 1.29. The van der Waals surface area contributed by atoms with Crippen molar-refractivity contribution in [1.29, 1.82) is 0 Å². The molecule has 1 fully saturated rings. The van der Waals surface area contributed by atoms with E-state index >= 15 is 0 Å². The fourth-order valence-electron chi connectivity index (χ4n) is 4.06. The third kappa shape index (κ3) is 4.86. The molecule has 1 N–H and O–H groups in total. The highest BCUT2D eigenvalue weighted by Gasteiger charge is 2.33. The van der Waals surface area contributed by atoms with E-state index in [-0.39, 0.29) is 23.4 Å². The first kappa shape index (κ1) is 23.2. The maximum atomic E-state index is 13.3. The zero-order valence-corrected chi connectivity index (χ0v) is 19.9. The Morgan fingerprint density at radius 2 is 1.97 bits per heavy atom. The lowest BCUT2D eigenvalue weighted by Gasteiger charge is -2.31. The number of carbonyl (C=O) groups excluding carboxylic acids is 1. The van der Waals surface area contributed by atoms with Crippen molar-refractivity contribution in [3.63, 3.8) is 0 Å². The van der Waals surface area contributed by atoms with Gasteiger partial charge >= 0.3 is 0 Å². The lowest BCUT2D eigenvalue weighted by molar-refractivity contribution is -0.126. The van der Waals surface area contributed by atoms with Crippen LogP contribution < -0.4 is 10.1 Å². The van der Waals surface area contributed by atoms with E-state index in [0.717, 1.165) is 16.8 Å². The van der Waals surface area contributed by atoms with Gasteiger partial charge in [-0.3, -0.25) is 4.79 Å². The number of hydrogen-bond acceptors (Lipinski definition) is 6. The second-order valence-corrected chi connectivity index (χ2v) is 10.5. The van der Waals surface area contributed by atoms with Crippen molar-refractivity contribution < 1.29 is 17.9 Å². The highest BCUT2D eigenvalue weighted by atomic mass is 32.2. The molecule has 1 aromatic heterocycles. The summed E-state index contributed by atoms with van der Waals surface area (Å²) in [5, 5.41) is 11.2. The van der Waals surface area contributed by atoms with Gasteiger partial charge in [-0.2, -0.15) is 4.31 Å². The van der Waals surface area contributed by atoms with E-state index in [2.05, 4.69) is 15.6 Å². The number of fused-ring (bicyclic) bond motifs is 1. The molecule has 3 aromatic rings. The fourth-order valence-corrected chi connectivity index (χ4v) is 5.61. The molecule has 4 rings (SSSR count). The Kier molecular flexibility index (Phi) is 6.66. The Morgan fingerprint density at radius 3 is 2.67 bits per heavy atom. The normalized spacial score (nSPS) is 17.4. The van der Waals surface area contributed by atoms with Crippen LogP contribution in [0.25, 0.3) is 11.0 Å². The molecule has 0 radical (unpaired) electrons. The standard InChI is InChI=1S/C23H29N5O4S/c1-16(2)28-22-11-10-20(13-21(22)25-26-28)33(30,31)27-12-4-5-18(15-27)23(29)24-14-17-6-8-19(32-3)9-7-17/h6-11,13,16,18H,4-5,12,14-15H2,1-3H3,(H,24,29)/t18-/m1/s1. The van der Waals surface area contributed by atoms with Gasteiger partial charge in [-0.05, 0) is 62.6 Å². The van der Waals surface area contributed by atoms with Gasteiger partial charge in [-0.1, -0.05) is 17.3 Å². The van der Waals surface area contributed by atoms with Gasteiger partial charge in [0.1, 0.15) is 11.3 Å². The number of carbonyl (C=O) groups is 1.